The molecule has 0 bridgehead atoms. The number of carbonyl (C=O) groups excluding carboxylic acids is 1. The molecule has 5 rings (SSSR count). The van der Waals surface area contributed by atoms with Crippen molar-refractivity contribution in [1.82, 2.24) is 19.5 Å². The Labute approximate surface area is 237 Å². The lowest BCUT2D eigenvalue weighted by atomic mass is 10.0. The Morgan fingerprint density at radius 2 is 1.76 bits per heavy atom. The smallest absolute Gasteiger partial charge is 0.396 e. The molecule has 0 saturated carbocycles. The number of carbonyl (C=O) groups is 1. The third kappa shape index (κ3) is 6.15. The van der Waals surface area contributed by atoms with E-state index in [-0.39, 0.29) is 30.2 Å². The molecular weight excluding hydrogens is 554 g/mol. The van der Waals surface area contributed by atoms with Crippen molar-refractivity contribution >= 4 is 34.3 Å². The van der Waals surface area contributed by atoms with Gasteiger partial charge in [0, 0.05) is 43.3 Å². The highest BCUT2D eigenvalue weighted by Crippen LogP contribution is 2.34. The summed E-state index contributed by atoms with van der Waals surface area (Å²) in [7, 11) is 0. The average molecular weight is 580 g/mol. The minimum Gasteiger partial charge on any atom is -0.396 e. The van der Waals surface area contributed by atoms with Crippen molar-refractivity contribution in [2.45, 2.75) is 25.7 Å². The Bertz CT molecular complexity index is 1720. The van der Waals surface area contributed by atoms with Gasteiger partial charge in [0.05, 0.1) is 16.5 Å². The summed E-state index contributed by atoms with van der Waals surface area (Å²) in [5, 5.41) is 15.3. The van der Waals surface area contributed by atoms with E-state index in [1.165, 1.54) is 18.5 Å². The van der Waals surface area contributed by atoms with Gasteiger partial charge in [0.2, 0.25) is 0 Å². The lowest BCUT2D eigenvalue weighted by Gasteiger charge is -2.14. The Balaban J connectivity index is 1.38. The van der Waals surface area contributed by atoms with Crippen LogP contribution in [0.15, 0.2) is 73.3 Å². The number of nitrogens with one attached hydrogen (secondary N) is 2. The van der Waals surface area contributed by atoms with Gasteiger partial charge in [-0.1, -0.05) is 24.3 Å². The zero-order valence-electron chi connectivity index (χ0n) is 22.0. The molecule has 216 valence electrons. The SMILES string of the molecule is Nc1ncnc2c1c(-c1ccc(CNc3ncc(C(F)(F)F)cc3C(=O)Nc3ccc(F)cc3)cc1)cn2CCCO. The van der Waals surface area contributed by atoms with E-state index in [0.29, 0.717) is 36.0 Å². The minimum absolute atomic E-state index is 0.0284. The van der Waals surface area contributed by atoms with Crippen LogP contribution in [0.5, 0.6) is 0 Å². The number of halogens is 4. The summed E-state index contributed by atoms with van der Waals surface area (Å²) in [5.41, 5.74) is 8.02. The molecule has 0 spiro atoms. The van der Waals surface area contributed by atoms with Crippen LogP contribution in [0.25, 0.3) is 22.2 Å². The van der Waals surface area contributed by atoms with Crippen LogP contribution >= 0.6 is 0 Å². The maximum Gasteiger partial charge on any atom is 0.417 e. The fourth-order valence-electron chi connectivity index (χ4n) is 4.43. The average Bonchev–Trinajstić information content (AvgIpc) is 3.35. The normalized spacial score (nSPS) is 11.5. The van der Waals surface area contributed by atoms with Crippen LogP contribution in [0, 0.1) is 5.82 Å². The van der Waals surface area contributed by atoms with E-state index >= 15 is 0 Å². The van der Waals surface area contributed by atoms with Crippen molar-refractivity contribution in [3.63, 3.8) is 0 Å². The molecule has 1 amide bonds. The van der Waals surface area contributed by atoms with Gasteiger partial charge in [-0.15, -0.1) is 0 Å². The summed E-state index contributed by atoms with van der Waals surface area (Å²) in [6, 6.07) is 12.9. The predicted octanol–water partition coefficient (Wildman–Crippen LogP) is 5.48. The van der Waals surface area contributed by atoms with Gasteiger partial charge in [0.1, 0.15) is 29.4 Å². The predicted molar refractivity (Wildman–Crippen MR) is 150 cm³/mol. The largest absolute Gasteiger partial charge is 0.417 e. The number of anilines is 3. The minimum atomic E-state index is -4.71. The lowest BCUT2D eigenvalue weighted by molar-refractivity contribution is -0.137. The number of nitrogens with two attached hydrogens (primary N) is 1. The quantitative estimate of drug-likeness (QED) is 0.170. The molecule has 3 heterocycles. The first-order chi connectivity index (χ1) is 20.1. The number of nitrogen functional groups attached to an aromatic ring is 1. The van der Waals surface area contributed by atoms with E-state index < -0.39 is 23.5 Å². The number of aromatic nitrogens is 4. The number of amides is 1. The van der Waals surface area contributed by atoms with Crippen molar-refractivity contribution in [2.24, 2.45) is 0 Å². The van der Waals surface area contributed by atoms with Crippen molar-refractivity contribution in [2.75, 3.05) is 23.0 Å². The van der Waals surface area contributed by atoms with E-state index in [1.807, 2.05) is 35.0 Å². The molecule has 0 aliphatic rings. The van der Waals surface area contributed by atoms with Crippen LogP contribution in [0.2, 0.25) is 0 Å². The molecule has 5 aromatic rings. The Kier molecular flexibility index (Phi) is 8.02. The number of nitrogens with zero attached hydrogens (tertiary/aromatic N) is 4. The maximum absolute atomic E-state index is 13.4. The number of fused-ring (bicyclic) bond motifs is 1. The maximum atomic E-state index is 13.4. The molecule has 0 aliphatic carbocycles. The zero-order chi connectivity index (χ0) is 29.9. The summed E-state index contributed by atoms with van der Waals surface area (Å²) in [4.78, 5) is 25.3. The van der Waals surface area contributed by atoms with E-state index in [2.05, 4.69) is 25.6 Å². The van der Waals surface area contributed by atoms with Gasteiger partial charge in [-0.05, 0) is 47.9 Å². The van der Waals surface area contributed by atoms with Gasteiger partial charge >= 0.3 is 6.18 Å². The third-order valence-corrected chi connectivity index (χ3v) is 6.53. The van der Waals surface area contributed by atoms with E-state index in [4.69, 9.17) is 5.73 Å². The highest BCUT2D eigenvalue weighted by molar-refractivity contribution is 6.07. The van der Waals surface area contributed by atoms with Crippen LogP contribution in [0.3, 0.4) is 0 Å². The standard InChI is InChI=1S/C29H25F4N7O2/c30-20-6-8-21(9-7-20)39-28(42)22-12-19(29(31,32)33)14-36-26(22)35-13-17-2-4-18(5-3-17)23-15-40(10-1-11-41)27-24(23)25(34)37-16-38-27/h2-9,12,14-16,41H,1,10-11,13H2,(H,35,36)(H,39,42)(H2,34,37,38). The molecule has 0 aliphatic heterocycles. The number of aliphatic hydroxyl groups is 1. The second kappa shape index (κ2) is 11.8. The Morgan fingerprint density at radius 1 is 1.02 bits per heavy atom. The molecule has 42 heavy (non-hydrogen) atoms. The first-order valence-corrected chi connectivity index (χ1v) is 12.8. The highest BCUT2D eigenvalue weighted by atomic mass is 19.4. The monoisotopic (exact) mass is 579 g/mol. The first kappa shape index (κ1) is 28.5. The van der Waals surface area contributed by atoms with E-state index in [9.17, 15) is 27.5 Å². The zero-order valence-corrected chi connectivity index (χ0v) is 22.0. The first-order valence-electron chi connectivity index (χ1n) is 12.8. The van der Waals surface area contributed by atoms with Gasteiger partial charge < -0.3 is 26.0 Å². The van der Waals surface area contributed by atoms with Crippen molar-refractivity contribution < 1.29 is 27.5 Å². The summed E-state index contributed by atoms with van der Waals surface area (Å²) < 4.78 is 55.3. The second-order valence-corrected chi connectivity index (χ2v) is 9.40. The molecule has 0 saturated heterocycles. The second-order valence-electron chi connectivity index (χ2n) is 9.40. The van der Waals surface area contributed by atoms with Gasteiger partial charge in [0.25, 0.3) is 5.91 Å². The number of aryl methyl sites for hydroxylation is 1. The number of aliphatic hydroxyl groups excluding tert-OH is 1. The van der Waals surface area contributed by atoms with Gasteiger partial charge in [0.15, 0.2) is 0 Å². The molecule has 0 fully saturated rings. The Morgan fingerprint density at radius 3 is 2.45 bits per heavy atom. The fraction of sp³-hybridized carbons (Fsp3) is 0.172. The summed E-state index contributed by atoms with van der Waals surface area (Å²) in [5.74, 6) is -1.09. The van der Waals surface area contributed by atoms with Crippen LogP contribution in [0.4, 0.5) is 34.9 Å². The summed E-state index contributed by atoms with van der Waals surface area (Å²) in [6.07, 6.45) is -0.230. The molecule has 0 radical (unpaired) electrons. The van der Waals surface area contributed by atoms with Crippen molar-refractivity contribution in [1.29, 1.82) is 0 Å². The van der Waals surface area contributed by atoms with E-state index in [1.54, 1.807) is 0 Å². The Hall–Kier alpha value is -5.04. The number of pyridine rings is 1. The molecule has 5 N–H and O–H groups in total. The van der Waals surface area contributed by atoms with Crippen molar-refractivity contribution in [3.05, 3.63) is 95.8 Å². The molecule has 9 nitrogen and oxygen atoms in total. The summed E-state index contributed by atoms with van der Waals surface area (Å²) >= 11 is 0. The molecule has 3 aromatic heterocycles. The van der Waals surface area contributed by atoms with Crippen LogP contribution < -0.4 is 16.4 Å². The third-order valence-electron chi connectivity index (χ3n) is 6.53. The van der Waals surface area contributed by atoms with Crippen LogP contribution in [0.1, 0.15) is 27.9 Å². The molecule has 0 unspecified atom stereocenters. The van der Waals surface area contributed by atoms with Crippen molar-refractivity contribution in [3.8, 4) is 11.1 Å². The van der Waals surface area contributed by atoms with Gasteiger partial charge in [-0.3, -0.25) is 4.79 Å². The van der Waals surface area contributed by atoms with Gasteiger partial charge in [-0.2, -0.15) is 13.2 Å². The number of hydrogen-bond donors (Lipinski definition) is 4. The van der Waals surface area contributed by atoms with Crippen LogP contribution in [-0.4, -0.2) is 37.1 Å². The van der Waals surface area contributed by atoms with Crippen LogP contribution in [-0.2, 0) is 19.3 Å². The molecule has 2 aromatic carbocycles. The fourth-order valence-corrected chi connectivity index (χ4v) is 4.43. The number of rotatable bonds is 9. The summed E-state index contributed by atoms with van der Waals surface area (Å²) in [6.45, 7) is 0.725. The highest BCUT2D eigenvalue weighted by Gasteiger charge is 2.32. The molecular formula is C29H25F4N7O2. The van der Waals surface area contributed by atoms with E-state index in [0.717, 1.165) is 34.9 Å². The van der Waals surface area contributed by atoms with Gasteiger partial charge in [-0.25, -0.2) is 19.3 Å². The molecule has 0 atom stereocenters. The topological polar surface area (TPSA) is 131 Å². The number of alkyl halides is 3. The molecule has 13 heteroatoms. The number of hydrogen-bond acceptors (Lipinski definition) is 7. The number of benzene rings is 2. The lowest BCUT2D eigenvalue weighted by Crippen LogP contribution is -2.18.